The first kappa shape index (κ1) is 12.1. The highest BCUT2D eigenvalue weighted by molar-refractivity contribution is 8.32. The van der Waals surface area contributed by atoms with E-state index < -0.39 is 10.0 Å². The molecule has 0 bridgehead atoms. The molecule has 2 rings (SSSR count). The number of phenolic OH excluding ortho intramolecular Hbond substituents is 1. The van der Waals surface area contributed by atoms with Crippen molar-refractivity contribution < 1.29 is 5.11 Å². The molecule has 90 valence electrons. The average molecular weight is 246 g/mol. The number of benzene rings is 2. The van der Waals surface area contributed by atoms with E-state index in [1.165, 1.54) is 11.1 Å². The van der Waals surface area contributed by atoms with Crippen LogP contribution in [0.5, 0.6) is 5.75 Å². The third-order valence-corrected chi connectivity index (χ3v) is 4.37. The molecule has 2 heteroatoms. The normalized spacial score (nSPS) is 12.4. The third kappa shape index (κ3) is 2.64. The first-order chi connectivity index (χ1) is 7.98. The van der Waals surface area contributed by atoms with Crippen LogP contribution in [-0.4, -0.2) is 23.9 Å². The van der Waals surface area contributed by atoms with Gasteiger partial charge in [0.15, 0.2) is 0 Å². The van der Waals surface area contributed by atoms with Gasteiger partial charge in [-0.15, -0.1) is 0 Å². The Labute approximate surface area is 104 Å². The molecule has 0 spiro atoms. The number of rotatable bonds is 2. The summed E-state index contributed by atoms with van der Waals surface area (Å²) in [5.74, 6) is 0.409. The smallest absolute Gasteiger partial charge is 0.127 e. The Morgan fingerprint density at radius 3 is 2.06 bits per heavy atom. The second-order valence-electron chi connectivity index (χ2n) is 4.89. The zero-order chi connectivity index (χ0) is 12.5. The minimum atomic E-state index is -0.914. The minimum absolute atomic E-state index is 0.409. The molecule has 2 aromatic carbocycles. The van der Waals surface area contributed by atoms with E-state index >= 15 is 0 Å². The summed E-state index contributed by atoms with van der Waals surface area (Å²) in [5.41, 5.74) is 2.36. The molecule has 0 radical (unpaired) electrons. The fourth-order valence-electron chi connectivity index (χ4n) is 1.81. The first-order valence-corrected chi connectivity index (χ1v) is 8.41. The summed E-state index contributed by atoms with van der Waals surface area (Å²) in [5, 5.41) is 9.94. The lowest BCUT2D eigenvalue weighted by Crippen LogP contribution is -1.94. The zero-order valence-corrected chi connectivity index (χ0v) is 11.3. The van der Waals surface area contributed by atoms with Gasteiger partial charge >= 0.3 is 0 Å². The molecule has 0 saturated heterocycles. The van der Waals surface area contributed by atoms with Crippen molar-refractivity contribution in [3.8, 4) is 16.9 Å². The largest absolute Gasteiger partial charge is 0.507 e. The van der Waals surface area contributed by atoms with Crippen molar-refractivity contribution >= 4 is 10.0 Å². The maximum Gasteiger partial charge on any atom is 0.127 e. The molecular formula is C15H18OS. The van der Waals surface area contributed by atoms with E-state index in [4.69, 9.17) is 0 Å². The first-order valence-electron chi connectivity index (χ1n) is 5.55. The van der Waals surface area contributed by atoms with Gasteiger partial charge in [-0.05, 0) is 42.0 Å². The zero-order valence-electron chi connectivity index (χ0n) is 10.5. The second kappa shape index (κ2) is 4.46. The van der Waals surface area contributed by atoms with E-state index in [2.05, 4.69) is 37.0 Å². The van der Waals surface area contributed by atoms with Gasteiger partial charge in [0.1, 0.15) is 5.75 Å². The Balaban J connectivity index is 2.53. The van der Waals surface area contributed by atoms with Crippen LogP contribution >= 0.6 is 10.0 Å². The average Bonchev–Trinajstić information content (AvgIpc) is 2.29. The summed E-state index contributed by atoms with van der Waals surface area (Å²) in [6, 6.07) is 16.1. The summed E-state index contributed by atoms with van der Waals surface area (Å²) >= 11 is 0. The van der Waals surface area contributed by atoms with E-state index in [0.717, 1.165) is 4.90 Å². The van der Waals surface area contributed by atoms with Gasteiger partial charge in [0, 0.05) is 4.90 Å². The van der Waals surface area contributed by atoms with Crippen molar-refractivity contribution in [3.63, 3.8) is 0 Å². The standard InChI is InChI=1S/C15H18OS/c1-17(2,3)15-11-13(9-10-14(15)16)12-7-5-4-6-8-12/h4-11,16H,1-3H3. The number of hydrogen-bond donors (Lipinski definition) is 1. The maximum absolute atomic E-state index is 9.94. The highest BCUT2D eigenvalue weighted by Gasteiger charge is 2.14. The molecule has 0 heterocycles. The van der Waals surface area contributed by atoms with Crippen LogP contribution in [0, 0.1) is 0 Å². The number of phenols is 1. The highest BCUT2D eigenvalue weighted by atomic mass is 32.3. The van der Waals surface area contributed by atoms with Crippen LogP contribution in [0.3, 0.4) is 0 Å². The van der Waals surface area contributed by atoms with E-state index in [0.29, 0.717) is 5.75 Å². The SMILES string of the molecule is CS(C)(C)c1cc(-c2ccccc2)ccc1O. The fourth-order valence-corrected chi connectivity index (χ4v) is 2.99. The molecule has 0 aliphatic carbocycles. The molecule has 0 fully saturated rings. The van der Waals surface area contributed by atoms with Crippen LogP contribution in [0.4, 0.5) is 0 Å². The number of aromatic hydroxyl groups is 1. The van der Waals surface area contributed by atoms with Crippen LogP contribution in [0.15, 0.2) is 53.4 Å². The van der Waals surface area contributed by atoms with Gasteiger partial charge in [-0.2, -0.15) is 0 Å². The molecular weight excluding hydrogens is 228 g/mol. The Morgan fingerprint density at radius 2 is 1.47 bits per heavy atom. The van der Waals surface area contributed by atoms with Gasteiger partial charge in [0.05, 0.1) is 0 Å². The van der Waals surface area contributed by atoms with Gasteiger partial charge in [-0.25, -0.2) is 10.0 Å². The summed E-state index contributed by atoms with van der Waals surface area (Å²) in [6.07, 6.45) is 6.57. The molecule has 0 unspecified atom stereocenters. The third-order valence-electron chi connectivity index (χ3n) is 2.73. The Kier molecular flexibility index (Phi) is 3.16. The lowest BCUT2D eigenvalue weighted by Gasteiger charge is -2.27. The Morgan fingerprint density at radius 1 is 0.824 bits per heavy atom. The quantitative estimate of drug-likeness (QED) is 0.845. The predicted molar refractivity (Wildman–Crippen MR) is 77.2 cm³/mol. The minimum Gasteiger partial charge on any atom is -0.507 e. The van der Waals surface area contributed by atoms with E-state index in [1.807, 2.05) is 24.3 Å². The topological polar surface area (TPSA) is 20.2 Å². The van der Waals surface area contributed by atoms with Crippen molar-refractivity contribution in [3.05, 3.63) is 48.5 Å². The lowest BCUT2D eigenvalue weighted by molar-refractivity contribution is 0.462. The molecule has 0 aliphatic rings. The number of hydrogen-bond acceptors (Lipinski definition) is 1. The fraction of sp³-hybridized carbons (Fsp3) is 0.200. The molecule has 2 aromatic rings. The van der Waals surface area contributed by atoms with Gasteiger partial charge in [0.2, 0.25) is 0 Å². The van der Waals surface area contributed by atoms with Crippen molar-refractivity contribution in [2.45, 2.75) is 4.90 Å². The van der Waals surface area contributed by atoms with Crippen molar-refractivity contribution in [2.24, 2.45) is 0 Å². The second-order valence-corrected chi connectivity index (χ2v) is 9.00. The lowest BCUT2D eigenvalue weighted by atomic mass is 10.1. The molecule has 1 N–H and O–H groups in total. The molecule has 1 nitrogen and oxygen atoms in total. The van der Waals surface area contributed by atoms with Gasteiger partial charge in [-0.3, -0.25) is 0 Å². The molecule has 0 saturated carbocycles. The summed E-state index contributed by atoms with van der Waals surface area (Å²) in [7, 11) is -0.914. The van der Waals surface area contributed by atoms with Crippen molar-refractivity contribution in [1.29, 1.82) is 0 Å². The summed E-state index contributed by atoms with van der Waals surface area (Å²) < 4.78 is 0. The van der Waals surface area contributed by atoms with Gasteiger partial charge in [0.25, 0.3) is 0 Å². The van der Waals surface area contributed by atoms with Crippen LogP contribution in [0.1, 0.15) is 0 Å². The summed E-state index contributed by atoms with van der Waals surface area (Å²) in [4.78, 5) is 1.07. The Bertz CT molecular complexity index is 512. The van der Waals surface area contributed by atoms with Crippen molar-refractivity contribution in [1.82, 2.24) is 0 Å². The van der Waals surface area contributed by atoms with Crippen LogP contribution < -0.4 is 0 Å². The van der Waals surface area contributed by atoms with Crippen LogP contribution in [0.25, 0.3) is 11.1 Å². The van der Waals surface area contributed by atoms with Crippen LogP contribution in [-0.2, 0) is 0 Å². The molecule has 0 aliphatic heterocycles. The molecule has 0 atom stereocenters. The van der Waals surface area contributed by atoms with E-state index in [9.17, 15) is 5.11 Å². The van der Waals surface area contributed by atoms with E-state index in [-0.39, 0.29) is 0 Å². The van der Waals surface area contributed by atoms with E-state index in [1.54, 1.807) is 6.07 Å². The monoisotopic (exact) mass is 246 g/mol. The maximum atomic E-state index is 9.94. The summed E-state index contributed by atoms with van der Waals surface area (Å²) in [6.45, 7) is 0. The van der Waals surface area contributed by atoms with Crippen molar-refractivity contribution in [2.75, 3.05) is 18.8 Å². The molecule has 17 heavy (non-hydrogen) atoms. The van der Waals surface area contributed by atoms with Gasteiger partial charge in [-0.1, -0.05) is 36.4 Å². The molecule has 0 amide bonds. The van der Waals surface area contributed by atoms with Gasteiger partial charge < -0.3 is 5.11 Å². The Hall–Kier alpha value is -1.41. The predicted octanol–water partition coefficient (Wildman–Crippen LogP) is 4.11. The van der Waals surface area contributed by atoms with Crippen LogP contribution in [0.2, 0.25) is 0 Å². The molecule has 0 aromatic heterocycles. The highest BCUT2D eigenvalue weighted by Crippen LogP contribution is 2.50.